The van der Waals surface area contributed by atoms with Crippen LogP contribution in [-0.4, -0.2) is 108 Å². The van der Waals surface area contributed by atoms with Crippen LogP contribution in [0.4, 0.5) is 9.59 Å². The molecule has 60 heavy (non-hydrogen) atoms. The molecular weight excluding hydrogens is 769 g/mol. The van der Waals surface area contributed by atoms with E-state index in [9.17, 15) is 33.6 Å². The summed E-state index contributed by atoms with van der Waals surface area (Å²) in [6.45, 7) is 0.768. The fourth-order valence-electron chi connectivity index (χ4n) is 8.44. The van der Waals surface area contributed by atoms with Gasteiger partial charge in [0.15, 0.2) is 5.78 Å². The topological polar surface area (TPSA) is 184 Å². The zero-order valence-corrected chi connectivity index (χ0v) is 33.6. The van der Waals surface area contributed by atoms with Crippen molar-refractivity contribution in [2.24, 2.45) is 4.99 Å². The van der Waals surface area contributed by atoms with Gasteiger partial charge in [-0.25, -0.2) is 14.6 Å². The minimum Gasteiger partial charge on any atom is -0.453 e. The van der Waals surface area contributed by atoms with Crippen molar-refractivity contribution in [3.63, 3.8) is 0 Å². The number of alkyl carbamates (subject to hydrolysis) is 2. The molecule has 3 aromatic rings. The first-order chi connectivity index (χ1) is 29.0. The molecule has 3 saturated heterocycles. The highest BCUT2D eigenvalue weighted by Crippen LogP contribution is 2.33. The quantitative estimate of drug-likeness (QED) is 0.239. The number of ether oxygens (including phenoxy) is 2. The van der Waals surface area contributed by atoms with Crippen LogP contribution >= 0.6 is 0 Å². The van der Waals surface area contributed by atoms with E-state index in [2.05, 4.69) is 10.6 Å². The summed E-state index contributed by atoms with van der Waals surface area (Å²) in [6.07, 6.45) is 3.32. The Morgan fingerprint density at radius 2 is 1.47 bits per heavy atom. The normalized spacial score (nSPS) is 20.6. The molecule has 4 aliphatic rings. The van der Waals surface area contributed by atoms with Gasteiger partial charge in [-0.05, 0) is 65.5 Å². The number of nitrogens with one attached hydrogen (secondary N) is 2. The number of likely N-dealkylation sites (tertiary alicyclic amines) is 1. The first-order valence-corrected chi connectivity index (χ1v) is 20.2. The lowest BCUT2D eigenvalue weighted by Gasteiger charge is -2.43. The molecule has 5 amide bonds. The van der Waals surface area contributed by atoms with Crippen molar-refractivity contribution < 1.29 is 43.0 Å². The smallest absolute Gasteiger partial charge is 0.407 e. The number of methoxy groups -OCH3 is 2. The van der Waals surface area contributed by atoms with Gasteiger partial charge in [-0.1, -0.05) is 78.9 Å². The lowest BCUT2D eigenvalue weighted by atomic mass is 9.94. The van der Waals surface area contributed by atoms with Gasteiger partial charge in [-0.3, -0.25) is 34.0 Å². The number of ketones is 2. The Hall–Kier alpha value is -6.64. The van der Waals surface area contributed by atoms with Crippen LogP contribution in [0, 0.1) is 0 Å². The average molecular weight is 817 g/mol. The number of carbonyl (C=O) groups excluding carboxylic acids is 7. The minimum absolute atomic E-state index is 0.0665. The molecule has 15 heteroatoms. The second kappa shape index (κ2) is 18.5. The Morgan fingerprint density at radius 1 is 0.800 bits per heavy atom. The number of hydrogen-bond acceptors (Lipinski definition) is 10. The highest BCUT2D eigenvalue weighted by molar-refractivity contribution is 6.05. The highest BCUT2D eigenvalue weighted by Gasteiger charge is 2.44. The van der Waals surface area contributed by atoms with Crippen LogP contribution in [-0.2, 0) is 39.9 Å². The van der Waals surface area contributed by atoms with Crippen molar-refractivity contribution in [1.29, 1.82) is 0 Å². The van der Waals surface area contributed by atoms with Crippen molar-refractivity contribution in [3.05, 3.63) is 102 Å². The molecule has 7 rings (SSSR count). The van der Waals surface area contributed by atoms with Crippen LogP contribution in [0.2, 0.25) is 0 Å². The van der Waals surface area contributed by atoms with Crippen LogP contribution < -0.4 is 10.6 Å². The molecule has 0 unspecified atom stereocenters. The monoisotopic (exact) mass is 816 g/mol. The first-order valence-electron chi connectivity index (χ1n) is 20.2. The maximum atomic E-state index is 13.7. The minimum atomic E-state index is -1.03. The molecule has 2 N–H and O–H groups in total. The Morgan fingerprint density at radius 3 is 2.17 bits per heavy atom. The van der Waals surface area contributed by atoms with E-state index < -0.39 is 42.3 Å². The molecule has 15 nitrogen and oxygen atoms in total. The third-order valence-corrected chi connectivity index (χ3v) is 11.5. The third kappa shape index (κ3) is 9.14. The van der Waals surface area contributed by atoms with E-state index in [1.54, 1.807) is 36.5 Å². The van der Waals surface area contributed by atoms with Gasteiger partial charge < -0.3 is 25.0 Å². The number of nitrogens with zero attached hydrogens (tertiary/aromatic N) is 4. The molecule has 0 radical (unpaired) electrons. The number of benzene rings is 3. The van der Waals surface area contributed by atoms with Crippen LogP contribution in [0.5, 0.6) is 0 Å². The Labute approximate surface area is 347 Å². The van der Waals surface area contributed by atoms with Gasteiger partial charge in [0.1, 0.15) is 17.9 Å². The number of hydrogen-bond donors (Lipinski definition) is 2. The predicted molar refractivity (Wildman–Crippen MR) is 220 cm³/mol. The molecule has 0 saturated carbocycles. The van der Waals surface area contributed by atoms with Gasteiger partial charge in [0.2, 0.25) is 5.91 Å². The van der Waals surface area contributed by atoms with E-state index in [4.69, 9.17) is 14.5 Å². The van der Waals surface area contributed by atoms with Crippen LogP contribution in [0.1, 0.15) is 74.1 Å². The van der Waals surface area contributed by atoms with Crippen LogP contribution in [0.25, 0.3) is 16.7 Å². The SMILES string of the molecule is COC(=O)N[C@H]1CCC(=O)N2CCC[C@@H](C3=NC=C(c4ccc(-c5ccc(CC(=O)CC(=O)[C@@H]6CCCN6C(=O)[C@H](NC(=O)OC)c6ccccc6)cc5)cc4)C3)N2C1=O. The number of hydrazine groups is 1. The van der Waals surface area contributed by atoms with Crippen molar-refractivity contribution in [2.75, 3.05) is 27.3 Å². The molecule has 0 bridgehead atoms. The molecule has 312 valence electrons. The summed E-state index contributed by atoms with van der Waals surface area (Å²) in [5.41, 5.74) is 5.97. The lowest BCUT2D eigenvalue weighted by molar-refractivity contribution is -0.169. The van der Waals surface area contributed by atoms with Crippen molar-refractivity contribution in [3.8, 4) is 11.1 Å². The van der Waals surface area contributed by atoms with E-state index in [0.717, 1.165) is 40.0 Å². The van der Waals surface area contributed by atoms with Gasteiger partial charge in [0, 0.05) is 44.3 Å². The summed E-state index contributed by atoms with van der Waals surface area (Å²) < 4.78 is 9.46. The molecule has 0 aromatic heterocycles. The molecule has 0 spiro atoms. The number of fused-ring (bicyclic) bond motifs is 1. The first kappa shape index (κ1) is 41.5. The number of rotatable bonds is 12. The van der Waals surface area contributed by atoms with Crippen LogP contribution in [0.15, 0.2) is 90.1 Å². The van der Waals surface area contributed by atoms with Crippen molar-refractivity contribution >= 4 is 52.8 Å². The summed E-state index contributed by atoms with van der Waals surface area (Å²) in [5.74, 6) is -1.52. The molecule has 3 fully saturated rings. The number of carbonyl (C=O) groups is 7. The standard InChI is InChI=1S/C45H48N6O9/c1-59-44(57)47-35-20-21-40(54)50-23-7-10-37(51(50)42(35)55)36-25-33(27-46-36)31-18-16-30(17-19-31)29-14-12-28(13-15-29)24-34(52)26-39(53)38-11-6-22-49(38)43(56)41(48-45(58)60-2)32-8-4-3-5-9-32/h3-5,8-9,12-19,27,35,37-38,41H,6-7,10-11,20-26H2,1-2H3,(H,47,57)(H,48,58)/t35-,37-,38-,41+/m0/s1. The molecule has 4 aliphatic heterocycles. The number of aliphatic imine (C=N–C) groups is 1. The second-order valence-electron chi connectivity index (χ2n) is 15.3. The molecule has 3 aromatic carbocycles. The fourth-order valence-corrected chi connectivity index (χ4v) is 8.44. The molecule has 4 heterocycles. The summed E-state index contributed by atoms with van der Waals surface area (Å²) in [7, 11) is 2.45. The second-order valence-corrected chi connectivity index (χ2v) is 15.3. The van der Waals surface area contributed by atoms with E-state index in [0.29, 0.717) is 44.3 Å². The number of allylic oxidation sites excluding steroid dienone is 1. The number of Topliss-reactive ketones (excluding diaryl/α,β-unsaturated/α-hetero) is 2. The summed E-state index contributed by atoms with van der Waals surface area (Å²) in [6, 6.07) is 21.3. The number of amides is 5. The maximum Gasteiger partial charge on any atom is 0.407 e. The lowest BCUT2D eigenvalue weighted by Crippen LogP contribution is -2.62. The Bertz CT molecular complexity index is 2210. The van der Waals surface area contributed by atoms with E-state index in [1.165, 1.54) is 29.1 Å². The van der Waals surface area contributed by atoms with Gasteiger partial charge >= 0.3 is 12.2 Å². The van der Waals surface area contributed by atoms with Gasteiger partial charge in [0.05, 0.1) is 32.7 Å². The van der Waals surface area contributed by atoms with E-state index in [-0.39, 0.29) is 49.1 Å². The summed E-state index contributed by atoms with van der Waals surface area (Å²) in [5, 5.41) is 8.18. The van der Waals surface area contributed by atoms with Crippen LogP contribution in [0.3, 0.4) is 0 Å². The molecule has 0 aliphatic carbocycles. The maximum absolute atomic E-state index is 13.7. The molecular formula is C45H48N6O9. The zero-order valence-electron chi connectivity index (χ0n) is 33.6. The summed E-state index contributed by atoms with van der Waals surface area (Å²) in [4.78, 5) is 97.2. The van der Waals surface area contributed by atoms with Crippen molar-refractivity contribution in [2.45, 2.75) is 82.0 Å². The summed E-state index contributed by atoms with van der Waals surface area (Å²) >= 11 is 0. The Balaban J connectivity index is 0.934. The fraction of sp³-hybridized carbons (Fsp3) is 0.378. The molecule has 4 atom stereocenters. The van der Waals surface area contributed by atoms with Gasteiger partial charge in [0.25, 0.3) is 11.8 Å². The van der Waals surface area contributed by atoms with E-state index >= 15 is 0 Å². The van der Waals surface area contributed by atoms with Gasteiger partial charge in [-0.15, -0.1) is 0 Å². The Kier molecular flexibility index (Phi) is 12.8. The van der Waals surface area contributed by atoms with E-state index in [1.807, 2.05) is 48.5 Å². The highest BCUT2D eigenvalue weighted by atomic mass is 16.5. The predicted octanol–water partition coefficient (Wildman–Crippen LogP) is 4.95. The average Bonchev–Trinajstić information content (AvgIpc) is 3.96. The van der Waals surface area contributed by atoms with Gasteiger partial charge in [-0.2, -0.15) is 0 Å². The zero-order chi connectivity index (χ0) is 42.3. The van der Waals surface area contributed by atoms with Crippen molar-refractivity contribution in [1.82, 2.24) is 25.6 Å². The largest absolute Gasteiger partial charge is 0.453 e. The third-order valence-electron chi connectivity index (χ3n) is 11.5.